The fourth-order valence-electron chi connectivity index (χ4n) is 2.79. The molecule has 1 aliphatic heterocycles. The third-order valence-electron chi connectivity index (χ3n) is 4.06. The summed E-state index contributed by atoms with van der Waals surface area (Å²) in [5.41, 5.74) is 10.8. The fourth-order valence-corrected chi connectivity index (χ4v) is 2.79. The molecule has 1 heterocycles. The average Bonchev–Trinajstić information content (AvgIpc) is 3.04. The molecule has 1 aliphatic rings. The van der Waals surface area contributed by atoms with Gasteiger partial charge in [0.15, 0.2) is 0 Å². The summed E-state index contributed by atoms with van der Waals surface area (Å²) >= 11 is 0. The lowest BCUT2D eigenvalue weighted by Crippen LogP contribution is -2.29. The SMILES string of the molecule is [N-]=[N+]=NC1C[C@H](OCc2ccccc2)[C@@H](COCc2ccccc2)O1. The van der Waals surface area contributed by atoms with Gasteiger partial charge in [-0.1, -0.05) is 65.8 Å². The van der Waals surface area contributed by atoms with E-state index in [9.17, 15) is 0 Å². The van der Waals surface area contributed by atoms with Gasteiger partial charge in [-0.2, -0.15) is 0 Å². The topological polar surface area (TPSA) is 76.5 Å². The fraction of sp³-hybridized carbons (Fsp3) is 0.368. The van der Waals surface area contributed by atoms with Gasteiger partial charge in [0.05, 0.1) is 25.9 Å². The van der Waals surface area contributed by atoms with E-state index in [2.05, 4.69) is 10.0 Å². The van der Waals surface area contributed by atoms with E-state index < -0.39 is 6.23 Å². The van der Waals surface area contributed by atoms with Crippen LogP contribution in [0, 0.1) is 0 Å². The van der Waals surface area contributed by atoms with E-state index in [1.54, 1.807) is 0 Å². The van der Waals surface area contributed by atoms with Crippen molar-refractivity contribution in [3.63, 3.8) is 0 Å². The van der Waals surface area contributed by atoms with Gasteiger partial charge in [0.25, 0.3) is 0 Å². The highest BCUT2D eigenvalue weighted by Crippen LogP contribution is 2.26. The Morgan fingerprint density at radius 2 is 1.64 bits per heavy atom. The Bertz CT molecular complexity index is 690. The van der Waals surface area contributed by atoms with Crippen molar-refractivity contribution in [2.75, 3.05) is 6.61 Å². The summed E-state index contributed by atoms with van der Waals surface area (Å²) in [4.78, 5) is 2.84. The minimum atomic E-state index is -0.504. The third-order valence-corrected chi connectivity index (χ3v) is 4.06. The van der Waals surface area contributed by atoms with Crippen LogP contribution >= 0.6 is 0 Å². The lowest BCUT2D eigenvalue weighted by Gasteiger charge is -2.19. The van der Waals surface area contributed by atoms with Crippen LogP contribution < -0.4 is 0 Å². The van der Waals surface area contributed by atoms with Crippen LogP contribution in [0.1, 0.15) is 17.5 Å². The van der Waals surface area contributed by atoms with Crippen molar-refractivity contribution in [2.45, 2.75) is 38.1 Å². The van der Waals surface area contributed by atoms with Crippen molar-refractivity contribution in [3.8, 4) is 0 Å². The quantitative estimate of drug-likeness (QED) is 0.410. The minimum Gasteiger partial charge on any atom is -0.374 e. The van der Waals surface area contributed by atoms with Gasteiger partial charge >= 0.3 is 0 Å². The molecule has 3 rings (SSSR count). The number of ether oxygens (including phenoxy) is 3. The Morgan fingerprint density at radius 1 is 1.00 bits per heavy atom. The number of hydrogen-bond acceptors (Lipinski definition) is 4. The molecule has 0 aromatic heterocycles. The molecule has 1 unspecified atom stereocenters. The Kier molecular flexibility index (Phi) is 6.42. The zero-order chi connectivity index (χ0) is 17.3. The molecule has 25 heavy (non-hydrogen) atoms. The van der Waals surface area contributed by atoms with Gasteiger partial charge in [0.2, 0.25) is 0 Å². The molecular formula is C19H21N3O3. The van der Waals surface area contributed by atoms with E-state index in [0.717, 1.165) is 11.1 Å². The predicted octanol–water partition coefficient (Wildman–Crippen LogP) is 4.21. The normalized spacial score (nSPS) is 22.5. The first-order valence-electron chi connectivity index (χ1n) is 8.32. The second kappa shape index (κ2) is 9.20. The van der Waals surface area contributed by atoms with E-state index in [-0.39, 0.29) is 12.2 Å². The molecule has 0 amide bonds. The molecule has 0 bridgehead atoms. The summed E-state index contributed by atoms with van der Waals surface area (Å²) in [6.07, 6.45) is -0.374. The highest BCUT2D eigenvalue weighted by Gasteiger charge is 2.35. The maximum absolute atomic E-state index is 8.64. The van der Waals surface area contributed by atoms with Crippen LogP contribution in [0.4, 0.5) is 0 Å². The largest absolute Gasteiger partial charge is 0.374 e. The van der Waals surface area contributed by atoms with Crippen LogP contribution in [0.25, 0.3) is 10.4 Å². The van der Waals surface area contributed by atoms with Crippen LogP contribution in [0.5, 0.6) is 0 Å². The first kappa shape index (κ1) is 17.5. The maximum Gasteiger partial charge on any atom is 0.139 e. The highest BCUT2D eigenvalue weighted by atomic mass is 16.6. The molecule has 0 spiro atoms. The Balaban J connectivity index is 1.53. The molecule has 6 nitrogen and oxygen atoms in total. The highest BCUT2D eigenvalue weighted by molar-refractivity contribution is 5.14. The predicted molar refractivity (Wildman–Crippen MR) is 93.5 cm³/mol. The summed E-state index contributed by atoms with van der Waals surface area (Å²) < 4.78 is 17.5. The Labute approximate surface area is 147 Å². The molecular weight excluding hydrogens is 318 g/mol. The molecule has 1 fully saturated rings. The molecule has 2 aromatic carbocycles. The van der Waals surface area contributed by atoms with Crippen LogP contribution in [-0.4, -0.2) is 25.0 Å². The number of azide groups is 1. The number of rotatable bonds is 8. The number of nitrogens with zero attached hydrogens (tertiary/aromatic N) is 3. The van der Waals surface area contributed by atoms with Gasteiger partial charge in [-0.3, -0.25) is 0 Å². The molecule has 130 valence electrons. The van der Waals surface area contributed by atoms with E-state index in [4.69, 9.17) is 19.7 Å². The van der Waals surface area contributed by atoms with Crippen LogP contribution in [0.15, 0.2) is 65.8 Å². The summed E-state index contributed by atoms with van der Waals surface area (Å²) in [7, 11) is 0. The summed E-state index contributed by atoms with van der Waals surface area (Å²) in [6.45, 7) is 1.40. The zero-order valence-corrected chi connectivity index (χ0v) is 13.9. The molecule has 6 heteroatoms. The molecule has 0 radical (unpaired) electrons. The lowest BCUT2D eigenvalue weighted by atomic mass is 10.1. The van der Waals surface area contributed by atoms with E-state index in [0.29, 0.717) is 26.2 Å². The molecule has 0 N–H and O–H groups in total. The second-order valence-corrected chi connectivity index (χ2v) is 5.91. The van der Waals surface area contributed by atoms with Crippen LogP contribution in [0.2, 0.25) is 0 Å². The maximum atomic E-state index is 8.64. The zero-order valence-electron chi connectivity index (χ0n) is 13.9. The van der Waals surface area contributed by atoms with Crippen molar-refractivity contribution in [2.24, 2.45) is 5.11 Å². The van der Waals surface area contributed by atoms with Crippen LogP contribution in [-0.2, 0) is 27.4 Å². The van der Waals surface area contributed by atoms with Gasteiger partial charge < -0.3 is 14.2 Å². The molecule has 3 atom stereocenters. The van der Waals surface area contributed by atoms with Crippen molar-refractivity contribution in [1.29, 1.82) is 0 Å². The van der Waals surface area contributed by atoms with Crippen LogP contribution in [0.3, 0.4) is 0 Å². The number of benzene rings is 2. The van der Waals surface area contributed by atoms with Gasteiger partial charge in [0.1, 0.15) is 12.3 Å². The molecule has 2 aromatic rings. The minimum absolute atomic E-state index is 0.161. The van der Waals surface area contributed by atoms with E-state index in [1.807, 2.05) is 60.7 Å². The van der Waals surface area contributed by atoms with Gasteiger partial charge in [-0.05, 0) is 16.7 Å². The lowest BCUT2D eigenvalue weighted by molar-refractivity contribution is -0.0701. The van der Waals surface area contributed by atoms with Crippen molar-refractivity contribution in [1.82, 2.24) is 0 Å². The van der Waals surface area contributed by atoms with Crippen molar-refractivity contribution in [3.05, 3.63) is 82.2 Å². The van der Waals surface area contributed by atoms with Gasteiger partial charge in [0, 0.05) is 11.3 Å². The molecule has 0 saturated carbocycles. The monoisotopic (exact) mass is 339 g/mol. The van der Waals surface area contributed by atoms with E-state index >= 15 is 0 Å². The van der Waals surface area contributed by atoms with E-state index in [1.165, 1.54) is 0 Å². The average molecular weight is 339 g/mol. The molecule has 1 saturated heterocycles. The first-order valence-corrected chi connectivity index (χ1v) is 8.32. The summed E-state index contributed by atoms with van der Waals surface area (Å²) in [5.74, 6) is 0. The smallest absolute Gasteiger partial charge is 0.139 e. The first-order chi connectivity index (χ1) is 12.3. The second-order valence-electron chi connectivity index (χ2n) is 5.91. The van der Waals surface area contributed by atoms with Crippen molar-refractivity contribution < 1.29 is 14.2 Å². The standard InChI is InChI=1S/C19H21N3O3/c20-22-21-19-11-17(24-13-16-9-5-2-6-10-16)18(25-19)14-23-12-15-7-3-1-4-8-15/h1-10,17-19H,11-14H2/t17-,18+,19?/m0/s1. The van der Waals surface area contributed by atoms with Crippen molar-refractivity contribution >= 4 is 0 Å². The number of hydrogen-bond donors (Lipinski definition) is 0. The third kappa shape index (κ3) is 5.31. The summed E-state index contributed by atoms with van der Waals surface area (Å²) in [5, 5.41) is 3.67. The summed E-state index contributed by atoms with van der Waals surface area (Å²) in [6, 6.07) is 19.9. The Hall–Kier alpha value is -2.37. The Morgan fingerprint density at radius 3 is 2.28 bits per heavy atom. The molecule has 0 aliphatic carbocycles. The van der Waals surface area contributed by atoms with Gasteiger partial charge in [-0.25, -0.2) is 0 Å². The van der Waals surface area contributed by atoms with Gasteiger partial charge in [-0.15, -0.1) is 0 Å².